The third-order valence-corrected chi connectivity index (χ3v) is 5.14. The van der Waals surface area contributed by atoms with Crippen LogP contribution < -0.4 is 5.56 Å². The number of likely N-dealkylation sites (tertiary alicyclic amines) is 1. The Balaban J connectivity index is 1.75. The molecule has 2 bridgehead atoms. The van der Waals surface area contributed by atoms with Gasteiger partial charge in [-0.1, -0.05) is 6.07 Å². The van der Waals surface area contributed by atoms with Gasteiger partial charge in [0.05, 0.1) is 19.8 Å². The number of hydrogen-bond acceptors (Lipinski definition) is 5. The van der Waals surface area contributed by atoms with Gasteiger partial charge in [-0.2, -0.15) is 0 Å². The topological polar surface area (TPSA) is 71.8 Å². The van der Waals surface area contributed by atoms with Crippen LogP contribution >= 0.6 is 0 Å². The fraction of sp³-hybridized carbons (Fsp3) is 0.647. The van der Waals surface area contributed by atoms with E-state index >= 15 is 0 Å². The van der Waals surface area contributed by atoms with E-state index in [4.69, 9.17) is 0 Å². The highest BCUT2D eigenvalue weighted by Crippen LogP contribution is 2.40. The summed E-state index contributed by atoms with van der Waals surface area (Å²) in [6.45, 7) is 2.60. The molecule has 0 saturated carbocycles. The third-order valence-electron chi connectivity index (χ3n) is 5.14. The first-order valence-electron chi connectivity index (χ1n) is 8.25. The van der Waals surface area contributed by atoms with Crippen LogP contribution in [0.15, 0.2) is 23.0 Å². The van der Waals surface area contributed by atoms with Gasteiger partial charge in [0.15, 0.2) is 0 Å². The van der Waals surface area contributed by atoms with Crippen molar-refractivity contribution in [1.29, 1.82) is 0 Å². The number of carbonyl (C=O) groups excluding carboxylic acids is 1. The molecule has 1 saturated heterocycles. The molecule has 3 rings (SSSR count). The summed E-state index contributed by atoms with van der Waals surface area (Å²) in [7, 11) is 1.41. The number of pyridine rings is 1. The van der Waals surface area contributed by atoms with Crippen LogP contribution in [0.25, 0.3) is 0 Å². The van der Waals surface area contributed by atoms with Crippen LogP contribution in [-0.2, 0) is 9.53 Å². The molecule has 3 heterocycles. The molecule has 1 fully saturated rings. The standard InChI is InChI=1S/C17H24N2O4/c1-23-17(22)6-3-7-18-9-12-8-13(10-18)15(11-20)19-14(12)4-2-5-16(19)21/h2,4-5,12-13,15,20H,3,6-11H2,1H3/t12-,13+,15+/m1/s1. The molecule has 23 heavy (non-hydrogen) atoms. The molecule has 3 atom stereocenters. The minimum atomic E-state index is -0.174. The number of ether oxygens (including phenoxy) is 1. The van der Waals surface area contributed by atoms with E-state index in [1.54, 1.807) is 16.7 Å². The molecule has 2 aliphatic rings. The molecular formula is C17H24N2O4. The summed E-state index contributed by atoms with van der Waals surface area (Å²) in [6.07, 6.45) is 2.22. The van der Waals surface area contributed by atoms with E-state index in [2.05, 4.69) is 9.64 Å². The number of aromatic nitrogens is 1. The summed E-state index contributed by atoms with van der Waals surface area (Å²) in [5.74, 6) is 0.431. The Hall–Kier alpha value is -1.66. The zero-order chi connectivity index (χ0) is 16.4. The summed E-state index contributed by atoms with van der Waals surface area (Å²) >= 11 is 0. The highest BCUT2D eigenvalue weighted by molar-refractivity contribution is 5.69. The van der Waals surface area contributed by atoms with E-state index in [0.29, 0.717) is 12.3 Å². The highest BCUT2D eigenvalue weighted by Gasteiger charge is 2.39. The number of nitrogens with zero attached hydrogens (tertiary/aromatic N) is 2. The molecule has 0 spiro atoms. The number of aliphatic hydroxyl groups is 1. The SMILES string of the molecule is COC(=O)CCCN1C[C@H]2C[C@@H](C1)[C@H](CO)n1c2cccc1=O. The van der Waals surface area contributed by atoms with Crippen molar-refractivity contribution in [3.05, 3.63) is 34.2 Å². The molecule has 126 valence electrons. The van der Waals surface area contributed by atoms with Crippen LogP contribution in [0.5, 0.6) is 0 Å². The van der Waals surface area contributed by atoms with Gasteiger partial charge in [0.1, 0.15) is 0 Å². The summed E-state index contributed by atoms with van der Waals surface area (Å²) < 4.78 is 6.48. The molecule has 0 aliphatic carbocycles. The quantitative estimate of drug-likeness (QED) is 0.811. The molecule has 6 heteroatoms. The Labute approximate surface area is 135 Å². The number of carbonyl (C=O) groups is 1. The molecule has 1 N–H and O–H groups in total. The van der Waals surface area contributed by atoms with E-state index in [9.17, 15) is 14.7 Å². The maximum atomic E-state index is 12.2. The molecule has 0 radical (unpaired) electrons. The fourth-order valence-corrected chi connectivity index (χ4v) is 4.10. The lowest BCUT2D eigenvalue weighted by Gasteiger charge is -2.46. The fourth-order valence-electron chi connectivity index (χ4n) is 4.10. The molecule has 0 unspecified atom stereocenters. The zero-order valence-corrected chi connectivity index (χ0v) is 13.5. The van der Waals surface area contributed by atoms with Crippen molar-refractivity contribution in [1.82, 2.24) is 9.47 Å². The van der Waals surface area contributed by atoms with Crippen LogP contribution in [-0.4, -0.2) is 53.9 Å². The maximum Gasteiger partial charge on any atom is 0.305 e. The van der Waals surface area contributed by atoms with Gasteiger partial charge in [-0.25, -0.2) is 0 Å². The zero-order valence-electron chi connectivity index (χ0n) is 13.5. The maximum absolute atomic E-state index is 12.2. The lowest BCUT2D eigenvalue weighted by molar-refractivity contribution is -0.140. The molecular weight excluding hydrogens is 296 g/mol. The molecule has 0 amide bonds. The molecule has 2 aliphatic heterocycles. The predicted molar refractivity (Wildman–Crippen MR) is 85.4 cm³/mol. The van der Waals surface area contributed by atoms with Gasteiger partial charge < -0.3 is 19.3 Å². The average Bonchev–Trinajstić information content (AvgIpc) is 2.56. The highest BCUT2D eigenvalue weighted by atomic mass is 16.5. The van der Waals surface area contributed by atoms with Crippen molar-refractivity contribution < 1.29 is 14.6 Å². The normalized spacial score (nSPS) is 26.6. The molecule has 1 aromatic rings. The van der Waals surface area contributed by atoms with E-state index in [1.165, 1.54) is 7.11 Å². The second-order valence-corrected chi connectivity index (χ2v) is 6.54. The summed E-state index contributed by atoms with van der Waals surface area (Å²) in [5, 5.41) is 9.80. The number of piperidine rings is 1. The van der Waals surface area contributed by atoms with Crippen molar-refractivity contribution in [2.24, 2.45) is 5.92 Å². The number of aliphatic hydroxyl groups excluding tert-OH is 1. The van der Waals surface area contributed by atoms with Crippen LogP contribution in [0, 0.1) is 5.92 Å². The lowest BCUT2D eigenvalue weighted by atomic mass is 9.78. The Morgan fingerprint density at radius 1 is 1.39 bits per heavy atom. The first-order chi connectivity index (χ1) is 11.1. The largest absolute Gasteiger partial charge is 0.469 e. The van der Waals surface area contributed by atoms with Crippen LogP contribution in [0.1, 0.15) is 36.9 Å². The van der Waals surface area contributed by atoms with Gasteiger partial charge in [-0.3, -0.25) is 9.59 Å². The number of fused-ring (bicyclic) bond motifs is 4. The number of rotatable bonds is 5. The Bertz CT molecular complexity index is 627. The van der Waals surface area contributed by atoms with Crippen LogP contribution in [0.3, 0.4) is 0 Å². The first kappa shape index (κ1) is 16.2. The first-order valence-corrected chi connectivity index (χ1v) is 8.25. The third kappa shape index (κ3) is 3.19. The molecule has 0 aromatic carbocycles. The van der Waals surface area contributed by atoms with Crippen molar-refractivity contribution in [2.45, 2.75) is 31.2 Å². The van der Waals surface area contributed by atoms with Crippen molar-refractivity contribution in [3.63, 3.8) is 0 Å². The molecule has 6 nitrogen and oxygen atoms in total. The van der Waals surface area contributed by atoms with Crippen molar-refractivity contribution >= 4 is 5.97 Å². The number of methoxy groups -OCH3 is 1. The molecule has 1 aromatic heterocycles. The van der Waals surface area contributed by atoms with Gasteiger partial charge in [0.2, 0.25) is 0 Å². The van der Waals surface area contributed by atoms with Crippen molar-refractivity contribution in [3.8, 4) is 0 Å². The van der Waals surface area contributed by atoms with Crippen molar-refractivity contribution in [2.75, 3.05) is 33.4 Å². The number of esters is 1. The predicted octanol–water partition coefficient (Wildman–Crippen LogP) is 0.754. The van der Waals surface area contributed by atoms with Crippen LogP contribution in [0.2, 0.25) is 0 Å². The Morgan fingerprint density at radius 2 is 2.22 bits per heavy atom. The van der Waals surface area contributed by atoms with E-state index in [-0.39, 0.29) is 30.1 Å². The van der Waals surface area contributed by atoms with Gasteiger partial charge in [0.25, 0.3) is 5.56 Å². The number of hydrogen-bond donors (Lipinski definition) is 1. The van der Waals surface area contributed by atoms with E-state index in [0.717, 1.165) is 38.2 Å². The lowest BCUT2D eigenvalue weighted by Crippen LogP contribution is -2.50. The second kappa shape index (κ2) is 6.84. The van der Waals surface area contributed by atoms with E-state index in [1.807, 2.05) is 6.07 Å². The summed E-state index contributed by atoms with van der Waals surface area (Å²) in [5.41, 5.74) is 1.01. The average molecular weight is 320 g/mol. The van der Waals surface area contributed by atoms with Gasteiger partial charge in [-0.15, -0.1) is 0 Å². The monoisotopic (exact) mass is 320 g/mol. The smallest absolute Gasteiger partial charge is 0.305 e. The minimum Gasteiger partial charge on any atom is -0.469 e. The van der Waals surface area contributed by atoms with E-state index < -0.39 is 0 Å². The Kier molecular flexibility index (Phi) is 4.82. The van der Waals surface area contributed by atoms with Gasteiger partial charge in [0, 0.05) is 37.2 Å². The Morgan fingerprint density at radius 3 is 2.96 bits per heavy atom. The second-order valence-electron chi connectivity index (χ2n) is 6.54. The summed E-state index contributed by atoms with van der Waals surface area (Å²) in [4.78, 5) is 25.8. The van der Waals surface area contributed by atoms with Crippen LogP contribution in [0.4, 0.5) is 0 Å². The van der Waals surface area contributed by atoms with Gasteiger partial charge in [-0.05, 0) is 31.4 Å². The summed E-state index contributed by atoms with van der Waals surface area (Å²) in [6, 6.07) is 5.24. The minimum absolute atomic E-state index is 0.00962. The van der Waals surface area contributed by atoms with Gasteiger partial charge >= 0.3 is 5.97 Å².